The zero-order valence-electron chi connectivity index (χ0n) is 16.1. The SMILES string of the molecule is CC(=O)Nc1cc(N)c(C)cc1N=Nc1ccc(S(=O)(=O)CCOS(=O)(=O)O)cc1. The summed E-state index contributed by atoms with van der Waals surface area (Å²) in [6.45, 7) is 2.40. The summed E-state index contributed by atoms with van der Waals surface area (Å²) >= 11 is 0. The van der Waals surface area contributed by atoms with Crippen LogP contribution < -0.4 is 11.1 Å². The van der Waals surface area contributed by atoms with Gasteiger partial charge >= 0.3 is 10.4 Å². The molecule has 162 valence electrons. The van der Waals surface area contributed by atoms with Gasteiger partial charge in [0, 0.05) is 12.6 Å². The molecule has 0 aliphatic carbocycles. The fourth-order valence-electron chi connectivity index (χ4n) is 2.28. The molecular formula is C17H20N4O7S2. The smallest absolute Gasteiger partial charge is 0.397 e. The van der Waals surface area contributed by atoms with Crippen LogP contribution in [-0.4, -0.2) is 39.7 Å². The van der Waals surface area contributed by atoms with E-state index in [1.54, 1.807) is 19.1 Å². The first-order chi connectivity index (χ1) is 13.9. The van der Waals surface area contributed by atoms with Gasteiger partial charge in [0.15, 0.2) is 9.84 Å². The van der Waals surface area contributed by atoms with E-state index >= 15 is 0 Å². The fourth-order valence-corrected chi connectivity index (χ4v) is 3.77. The summed E-state index contributed by atoms with van der Waals surface area (Å²) in [4.78, 5) is 11.3. The highest BCUT2D eigenvalue weighted by Crippen LogP contribution is 2.31. The Labute approximate surface area is 173 Å². The number of aryl methyl sites for hydroxylation is 1. The minimum Gasteiger partial charge on any atom is -0.398 e. The number of hydrogen-bond acceptors (Lipinski definition) is 9. The molecular weight excluding hydrogens is 436 g/mol. The number of amides is 1. The summed E-state index contributed by atoms with van der Waals surface area (Å²) in [5, 5.41) is 10.7. The number of rotatable bonds is 8. The van der Waals surface area contributed by atoms with Crippen molar-refractivity contribution in [3.8, 4) is 0 Å². The highest BCUT2D eigenvalue weighted by Gasteiger charge is 2.16. The summed E-state index contributed by atoms with van der Waals surface area (Å²) < 4.78 is 57.8. The Morgan fingerprint density at radius 2 is 1.77 bits per heavy atom. The number of anilines is 2. The molecule has 0 heterocycles. The van der Waals surface area contributed by atoms with Gasteiger partial charge in [0.1, 0.15) is 5.69 Å². The van der Waals surface area contributed by atoms with Crippen LogP contribution in [0.2, 0.25) is 0 Å². The maximum Gasteiger partial charge on any atom is 0.397 e. The van der Waals surface area contributed by atoms with E-state index in [0.717, 1.165) is 5.56 Å². The standard InChI is InChI=1S/C17H20N4O7S2/c1-11-9-17(16(10-15(11)18)19-12(2)22)21-20-13-3-5-14(6-4-13)29(23,24)8-7-28-30(25,26)27/h3-6,9-10H,7-8,18H2,1-2H3,(H,19,22)(H,25,26,27). The summed E-state index contributed by atoms with van der Waals surface area (Å²) in [6.07, 6.45) is 0. The first-order valence-electron chi connectivity index (χ1n) is 8.41. The zero-order valence-corrected chi connectivity index (χ0v) is 17.7. The topological polar surface area (TPSA) is 178 Å². The molecule has 2 aromatic rings. The highest BCUT2D eigenvalue weighted by atomic mass is 32.3. The van der Waals surface area contributed by atoms with Crippen LogP contribution in [0, 0.1) is 6.92 Å². The normalized spacial score (nSPS) is 12.2. The van der Waals surface area contributed by atoms with E-state index in [0.29, 0.717) is 22.7 Å². The number of hydrogen-bond donors (Lipinski definition) is 3. The fraction of sp³-hybridized carbons (Fsp3) is 0.235. The summed E-state index contributed by atoms with van der Waals surface area (Å²) in [6, 6.07) is 8.58. The van der Waals surface area contributed by atoms with E-state index in [9.17, 15) is 21.6 Å². The van der Waals surface area contributed by atoms with E-state index in [2.05, 4.69) is 19.7 Å². The molecule has 1 amide bonds. The molecule has 0 atom stereocenters. The van der Waals surface area contributed by atoms with Crippen LogP contribution in [0.15, 0.2) is 51.5 Å². The van der Waals surface area contributed by atoms with Crippen LogP contribution >= 0.6 is 0 Å². The third kappa shape index (κ3) is 6.88. The molecule has 2 rings (SSSR count). The minimum absolute atomic E-state index is 0.0809. The molecule has 0 aromatic heterocycles. The van der Waals surface area contributed by atoms with Crippen LogP contribution in [0.25, 0.3) is 0 Å². The van der Waals surface area contributed by atoms with E-state index in [1.807, 2.05) is 0 Å². The molecule has 0 aliphatic heterocycles. The van der Waals surface area contributed by atoms with Crippen molar-refractivity contribution in [3.63, 3.8) is 0 Å². The van der Waals surface area contributed by atoms with Gasteiger partial charge in [-0.2, -0.15) is 13.5 Å². The second-order valence-electron chi connectivity index (χ2n) is 6.17. The predicted octanol–water partition coefficient (Wildman–Crippen LogP) is 2.54. The maximum absolute atomic E-state index is 12.2. The quantitative estimate of drug-likeness (QED) is 0.308. The zero-order chi connectivity index (χ0) is 22.5. The average Bonchev–Trinajstić information content (AvgIpc) is 2.62. The van der Waals surface area contributed by atoms with Crippen molar-refractivity contribution in [3.05, 3.63) is 42.0 Å². The summed E-state index contributed by atoms with van der Waals surface area (Å²) in [7, 11) is -8.54. The molecule has 0 radical (unpaired) electrons. The second kappa shape index (κ2) is 9.30. The Bertz CT molecular complexity index is 1180. The maximum atomic E-state index is 12.2. The Morgan fingerprint density at radius 1 is 1.13 bits per heavy atom. The molecule has 0 bridgehead atoms. The number of benzene rings is 2. The third-order valence-corrected chi connectivity index (χ3v) is 5.91. The van der Waals surface area contributed by atoms with Crippen molar-refractivity contribution in [2.24, 2.45) is 10.2 Å². The number of nitrogens with zero attached hydrogens (tertiary/aromatic N) is 2. The van der Waals surface area contributed by atoms with Gasteiger partial charge in [-0.3, -0.25) is 9.35 Å². The van der Waals surface area contributed by atoms with Crippen LogP contribution in [0.4, 0.5) is 22.7 Å². The van der Waals surface area contributed by atoms with Crippen molar-refractivity contribution in [1.82, 2.24) is 0 Å². The van der Waals surface area contributed by atoms with E-state index in [1.165, 1.54) is 31.2 Å². The summed E-state index contributed by atoms with van der Waals surface area (Å²) in [5.74, 6) is -0.944. The third-order valence-electron chi connectivity index (χ3n) is 3.75. The van der Waals surface area contributed by atoms with E-state index in [-0.39, 0.29) is 10.8 Å². The lowest BCUT2D eigenvalue weighted by molar-refractivity contribution is -0.114. The van der Waals surface area contributed by atoms with Gasteiger partial charge in [-0.15, -0.1) is 5.11 Å². The summed E-state index contributed by atoms with van der Waals surface area (Å²) in [5.41, 5.74) is 8.16. The number of nitrogen functional groups attached to an aromatic ring is 1. The second-order valence-corrected chi connectivity index (χ2v) is 9.37. The predicted molar refractivity (Wildman–Crippen MR) is 110 cm³/mol. The van der Waals surface area contributed by atoms with Gasteiger partial charge in [0.2, 0.25) is 5.91 Å². The molecule has 0 saturated carbocycles. The highest BCUT2D eigenvalue weighted by molar-refractivity contribution is 7.91. The molecule has 0 saturated heterocycles. The Hall–Kier alpha value is -2.87. The number of carbonyl (C=O) groups excluding carboxylic acids is 1. The van der Waals surface area contributed by atoms with E-state index < -0.39 is 32.6 Å². The minimum atomic E-state index is -4.71. The molecule has 13 heteroatoms. The molecule has 2 aromatic carbocycles. The molecule has 11 nitrogen and oxygen atoms in total. The largest absolute Gasteiger partial charge is 0.398 e. The number of carbonyl (C=O) groups is 1. The van der Waals surface area contributed by atoms with Crippen molar-refractivity contribution < 1.29 is 30.4 Å². The molecule has 0 spiro atoms. The number of nitrogens with one attached hydrogen (secondary N) is 1. The van der Waals surface area contributed by atoms with Crippen LogP contribution in [-0.2, 0) is 29.2 Å². The lowest BCUT2D eigenvalue weighted by atomic mass is 10.1. The van der Waals surface area contributed by atoms with Crippen LogP contribution in [0.1, 0.15) is 12.5 Å². The Morgan fingerprint density at radius 3 is 2.33 bits per heavy atom. The molecule has 0 fully saturated rings. The van der Waals surface area contributed by atoms with Crippen molar-refractivity contribution in [1.29, 1.82) is 0 Å². The first kappa shape index (κ1) is 23.4. The van der Waals surface area contributed by atoms with Gasteiger partial charge in [-0.25, -0.2) is 12.6 Å². The average molecular weight is 457 g/mol. The van der Waals surface area contributed by atoms with Crippen molar-refractivity contribution >= 4 is 48.9 Å². The van der Waals surface area contributed by atoms with Crippen molar-refractivity contribution in [2.75, 3.05) is 23.4 Å². The van der Waals surface area contributed by atoms with Gasteiger partial charge in [0.25, 0.3) is 0 Å². The molecule has 30 heavy (non-hydrogen) atoms. The van der Waals surface area contributed by atoms with Crippen molar-refractivity contribution in [2.45, 2.75) is 18.7 Å². The van der Waals surface area contributed by atoms with Gasteiger partial charge in [0.05, 0.1) is 28.6 Å². The monoisotopic (exact) mass is 456 g/mol. The Balaban J connectivity index is 2.19. The molecule has 0 aliphatic rings. The lowest BCUT2D eigenvalue weighted by Gasteiger charge is -2.09. The van der Waals surface area contributed by atoms with Crippen LogP contribution in [0.3, 0.4) is 0 Å². The molecule has 4 N–H and O–H groups in total. The number of sulfone groups is 1. The number of azo groups is 1. The Kier molecular flexibility index (Phi) is 7.25. The number of nitrogens with two attached hydrogens (primary N) is 1. The van der Waals surface area contributed by atoms with Gasteiger partial charge in [-0.05, 0) is 48.9 Å². The van der Waals surface area contributed by atoms with Gasteiger partial charge < -0.3 is 11.1 Å². The first-order valence-corrected chi connectivity index (χ1v) is 11.4. The van der Waals surface area contributed by atoms with E-state index in [4.69, 9.17) is 10.3 Å². The lowest BCUT2D eigenvalue weighted by Crippen LogP contribution is -2.15. The molecule has 0 unspecified atom stereocenters. The van der Waals surface area contributed by atoms with Gasteiger partial charge in [-0.1, -0.05) is 0 Å². The van der Waals surface area contributed by atoms with Crippen LogP contribution in [0.5, 0.6) is 0 Å².